The molecular formula is C17H16N2O4. The van der Waals surface area contributed by atoms with Crippen LogP contribution in [0.5, 0.6) is 5.75 Å². The van der Waals surface area contributed by atoms with Crippen LogP contribution < -0.4 is 15.2 Å². The molecule has 0 radical (unpaired) electrons. The number of carbonyl (C=O) groups is 2. The van der Waals surface area contributed by atoms with Gasteiger partial charge in [0.1, 0.15) is 5.75 Å². The number of carbonyl (C=O) groups excluding carboxylic acids is 2. The van der Waals surface area contributed by atoms with Gasteiger partial charge in [0, 0.05) is 38.0 Å². The number of hydrogen-bond donors (Lipinski definition) is 0. The summed E-state index contributed by atoms with van der Waals surface area (Å²) in [6, 6.07) is 9.53. The first-order chi connectivity index (χ1) is 11.0. The van der Waals surface area contributed by atoms with Gasteiger partial charge in [0.2, 0.25) is 5.91 Å². The summed E-state index contributed by atoms with van der Waals surface area (Å²) in [6.45, 7) is 0.714. The summed E-state index contributed by atoms with van der Waals surface area (Å²) in [7, 11) is 1.61. The number of nitrogens with zero attached hydrogens (tertiary/aromatic N) is 2. The molecule has 1 amide bonds. The van der Waals surface area contributed by atoms with Crippen LogP contribution in [0.4, 0.5) is 5.69 Å². The van der Waals surface area contributed by atoms with E-state index >= 15 is 0 Å². The monoisotopic (exact) mass is 312 g/mol. The summed E-state index contributed by atoms with van der Waals surface area (Å²) in [5.41, 5.74) is 0.718. The van der Waals surface area contributed by atoms with E-state index in [-0.39, 0.29) is 17.0 Å². The van der Waals surface area contributed by atoms with Crippen LogP contribution in [0.3, 0.4) is 0 Å². The molecular weight excluding hydrogens is 296 g/mol. The van der Waals surface area contributed by atoms with Gasteiger partial charge in [-0.15, -0.1) is 0 Å². The fraction of sp³-hybridized carbons (Fsp3) is 0.235. The van der Waals surface area contributed by atoms with Gasteiger partial charge in [-0.2, -0.15) is 0 Å². The van der Waals surface area contributed by atoms with Gasteiger partial charge in [-0.05, 0) is 36.8 Å². The Balaban J connectivity index is 1.72. The summed E-state index contributed by atoms with van der Waals surface area (Å²) < 4.78 is 6.62. The first-order valence-electron chi connectivity index (χ1n) is 7.34. The van der Waals surface area contributed by atoms with E-state index in [0.717, 1.165) is 12.1 Å². The van der Waals surface area contributed by atoms with Crippen molar-refractivity contribution in [3.05, 3.63) is 58.5 Å². The van der Waals surface area contributed by atoms with Gasteiger partial charge < -0.3 is 14.2 Å². The Kier molecular flexibility index (Phi) is 3.97. The smallest absolute Gasteiger partial charge is 0.343 e. The number of esters is 1. The maximum Gasteiger partial charge on any atom is 0.343 e. The second kappa shape index (κ2) is 6.08. The molecule has 0 aliphatic carbocycles. The molecule has 6 heteroatoms. The summed E-state index contributed by atoms with van der Waals surface area (Å²) in [4.78, 5) is 37.0. The lowest BCUT2D eigenvalue weighted by molar-refractivity contribution is -0.117. The molecule has 23 heavy (non-hydrogen) atoms. The molecule has 0 atom stereocenters. The van der Waals surface area contributed by atoms with Gasteiger partial charge in [-0.3, -0.25) is 9.59 Å². The van der Waals surface area contributed by atoms with Crippen LogP contribution in [-0.4, -0.2) is 23.0 Å². The van der Waals surface area contributed by atoms with Crippen molar-refractivity contribution in [2.24, 2.45) is 7.05 Å². The lowest BCUT2D eigenvalue weighted by atomic mass is 10.2. The molecule has 2 aromatic rings. The SMILES string of the molecule is Cn1ccc(C(=O)Oc2ccc(N3CCCC3=O)cc2)cc1=O. The first-order valence-corrected chi connectivity index (χ1v) is 7.34. The van der Waals surface area contributed by atoms with E-state index < -0.39 is 5.97 Å². The molecule has 0 unspecified atom stereocenters. The van der Waals surface area contributed by atoms with Crippen LogP contribution in [-0.2, 0) is 11.8 Å². The van der Waals surface area contributed by atoms with Crippen molar-refractivity contribution >= 4 is 17.6 Å². The molecule has 0 bridgehead atoms. The fourth-order valence-electron chi connectivity index (χ4n) is 2.46. The molecule has 1 saturated heterocycles. The predicted molar refractivity (Wildman–Crippen MR) is 84.7 cm³/mol. The Bertz CT molecular complexity index is 808. The zero-order chi connectivity index (χ0) is 16.4. The largest absolute Gasteiger partial charge is 0.423 e. The highest BCUT2D eigenvalue weighted by Gasteiger charge is 2.21. The maximum absolute atomic E-state index is 12.0. The van der Waals surface area contributed by atoms with Gasteiger partial charge in [-0.25, -0.2) is 4.79 Å². The minimum atomic E-state index is -0.590. The number of amides is 1. The number of aryl methyl sites for hydroxylation is 1. The third-order valence-electron chi connectivity index (χ3n) is 3.77. The Hall–Kier alpha value is -2.89. The third-order valence-corrected chi connectivity index (χ3v) is 3.77. The van der Waals surface area contributed by atoms with Crippen molar-refractivity contribution in [3.63, 3.8) is 0 Å². The van der Waals surface area contributed by atoms with Crippen molar-refractivity contribution in [1.29, 1.82) is 0 Å². The summed E-state index contributed by atoms with van der Waals surface area (Å²) in [5, 5.41) is 0. The van der Waals surface area contributed by atoms with Crippen LogP contribution >= 0.6 is 0 Å². The van der Waals surface area contributed by atoms with Crippen LogP contribution in [0.1, 0.15) is 23.2 Å². The summed E-state index contributed by atoms with van der Waals surface area (Å²) >= 11 is 0. The van der Waals surface area contributed by atoms with Crippen LogP contribution in [0.2, 0.25) is 0 Å². The van der Waals surface area contributed by atoms with E-state index in [2.05, 4.69) is 0 Å². The molecule has 1 aliphatic heterocycles. The van der Waals surface area contributed by atoms with Gasteiger partial charge in [0.25, 0.3) is 5.56 Å². The van der Waals surface area contributed by atoms with E-state index in [0.29, 0.717) is 18.7 Å². The molecule has 118 valence electrons. The average Bonchev–Trinajstić information content (AvgIpc) is 2.97. The highest BCUT2D eigenvalue weighted by Crippen LogP contribution is 2.24. The second-order valence-corrected chi connectivity index (χ2v) is 5.40. The molecule has 3 rings (SSSR count). The number of ether oxygens (including phenoxy) is 1. The quantitative estimate of drug-likeness (QED) is 0.639. The molecule has 1 fully saturated rings. The molecule has 0 saturated carbocycles. The third kappa shape index (κ3) is 3.15. The minimum absolute atomic E-state index is 0.106. The normalized spacial score (nSPS) is 14.1. The molecule has 1 aromatic heterocycles. The highest BCUT2D eigenvalue weighted by molar-refractivity contribution is 5.95. The lowest BCUT2D eigenvalue weighted by Crippen LogP contribution is -2.23. The second-order valence-electron chi connectivity index (χ2n) is 5.40. The number of benzene rings is 1. The fourth-order valence-corrected chi connectivity index (χ4v) is 2.46. The zero-order valence-corrected chi connectivity index (χ0v) is 12.7. The summed E-state index contributed by atoms with van der Waals surface area (Å²) in [5.74, 6) is -0.117. The van der Waals surface area contributed by atoms with Crippen molar-refractivity contribution in [2.45, 2.75) is 12.8 Å². The number of rotatable bonds is 3. The number of aromatic nitrogens is 1. The van der Waals surface area contributed by atoms with Crippen LogP contribution in [0.25, 0.3) is 0 Å². The Labute approximate surface area is 132 Å². The topological polar surface area (TPSA) is 68.6 Å². The Morgan fingerprint density at radius 2 is 1.87 bits per heavy atom. The summed E-state index contributed by atoms with van der Waals surface area (Å²) in [6.07, 6.45) is 2.94. The molecule has 1 aliphatic rings. The average molecular weight is 312 g/mol. The van der Waals surface area contributed by atoms with E-state index in [1.54, 1.807) is 36.2 Å². The number of pyridine rings is 1. The van der Waals surface area contributed by atoms with Crippen molar-refractivity contribution < 1.29 is 14.3 Å². The molecule has 1 aromatic carbocycles. The Morgan fingerprint density at radius 3 is 2.48 bits per heavy atom. The minimum Gasteiger partial charge on any atom is -0.423 e. The molecule has 2 heterocycles. The van der Waals surface area contributed by atoms with Gasteiger partial charge in [0.15, 0.2) is 0 Å². The van der Waals surface area contributed by atoms with Gasteiger partial charge in [-0.1, -0.05) is 0 Å². The van der Waals surface area contributed by atoms with Crippen LogP contribution in [0, 0.1) is 0 Å². The van der Waals surface area contributed by atoms with E-state index in [1.807, 2.05) is 0 Å². The predicted octanol–water partition coefficient (Wildman–Crippen LogP) is 1.73. The molecule has 0 spiro atoms. The van der Waals surface area contributed by atoms with Crippen molar-refractivity contribution in [3.8, 4) is 5.75 Å². The van der Waals surface area contributed by atoms with E-state index in [9.17, 15) is 14.4 Å². The molecule has 6 nitrogen and oxygen atoms in total. The first kappa shape index (κ1) is 15.0. The van der Waals surface area contributed by atoms with Crippen molar-refractivity contribution in [1.82, 2.24) is 4.57 Å². The van der Waals surface area contributed by atoms with Gasteiger partial charge >= 0.3 is 5.97 Å². The van der Waals surface area contributed by atoms with Crippen LogP contribution in [0.15, 0.2) is 47.4 Å². The number of hydrogen-bond acceptors (Lipinski definition) is 4. The Morgan fingerprint density at radius 1 is 1.13 bits per heavy atom. The zero-order valence-electron chi connectivity index (χ0n) is 12.7. The molecule has 0 N–H and O–H groups in total. The van der Waals surface area contributed by atoms with E-state index in [4.69, 9.17) is 4.74 Å². The lowest BCUT2D eigenvalue weighted by Gasteiger charge is -2.15. The highest BCUT2D eigenvalue weighted by atomic mass is 16.5. The standard InChI is InChI=1S/C17H16N2O4/c1-18-10-8-12(11-16(18)21)17(22)23-14-6-4-13(5-7-14)19-9-2-3-15(19)20/h4-8,10-11H,2-3,9H2,1H3. The maximum atomic E-state index is 12.0. The van der Waals surface area contributed by atoms with Crippen molar-refractivity contribution in [2.75, 3.05) is 11.4 Å². The number of anilines is 1. The van der Waals surface area contributed by atoms with Gasteiger partial charge in [0.05, 0.1) is 5.56 Å². The van der Waals surface area contributed by atoms with E-state index in [1.165, 1.54) is 22.9 Å².